The fourth-order valence-corrected chi connectivity index (χ4v) is 3.53. The standard InChI is InChI=1S/C10H15N3O2S/c14-16(15)6-2-4-10(8-16)11-7-9-3-1-5-12-13-9/h1,3,5,10-11H,2,4,6-8H2. The molecule has 0 bridgehead atoms. The lowest BCUT2D eigenvalue weighted by atomic mass is 10.2. The van der Waals surface area contributed by atoms with Gasteiger partial charge in [-0.05, 0) is 25.0 Å². The summed E-state index contributed by atoms with van der Waals surface area (Å²) in [5.74, 6) is 0.573. The summed E-state index contributed by atoms with van der Waals surface area (Å²) in [6.07, 6.45) is 3.29. The maximum atomic E-state index is 11.4. The Kier molecular flexibility index (Phi) is 3.50. The van der Waals surface area contributed by atoms with Gasteiger partial charge in [0.25, 0.3) is 0 Å². The average molecular weight is 241 g/mol. The van der Waals surface area contributed by atoms with Gasteiger partial charge in [-0.2, -0.15) is 10.2 Å². The first kappa shape index (κ1) is 11.5. The van der Waals surface area contributed by atoms with Crippen LogP contribution in [-0.4, -0.2) is 36.2 Å². The first-order valence-corrected chi connectivity index (χ1v) is 7.18. The molecule has 0 aromatic carbocycles. The molecule has 0 spiro atoms. The van der Waals surface area contributed by atoms with Crippen LogP contribution >= 0.6 is 0 Å². The zero-order valence-electron chi connectivity index (χ0n) is 8.96. The summed E-state index contributed by atoms with van der Waals surface area (Å²) in [5, 5.41) is 10.9. The molecule has 1 aliphatic heterocycles. The Bertz CT molecular complexity index is 433. The third-order valence-corrected chi connectivity index (χ3v) is 4.48. The molecule has 1 unspecified atom stereocenters. The summed E-state index contributed by atoms with van der Waals surface area (Å²) in [7, 11) is -2.83. The number of aromatic nitrogens is 2. The molecular weight excluding hydrogens is 226 g/mol. The number of nitrogens with one attached hydrogen (secondary N) is 1. The van der Waals surface area contributed by atoms with Crippen molar-refractivity contribution < 1.29 is 8.42 Å². The molecule has 1 N–H and O–H groups in total. The fourth-order valence-electron chi connectivity index (χ4n) is 1.86. The summed E-state index contributed by atoms with van der Waals surface area (Å²) < 4.78 is 22.8. The van der Waals surface area contributed by atoms with Gasteiger partial charge in [-0.25, -0.2) is 8.42 Å². The van der Waals surface area contributed by atoms with Crippen LogP contribution in [-0.2, 0) is 16.4 Å². The molecule has 2 rings (SSSR count). The molecule has 1 saturated heterocycles. The van der Waals surface area contributed by atoms with Gasteiger partial charge in [-0.15, -0.1) is 0 Å². The van der Waals surface area contributed by atoms with Crippen LogP contribution in [0.3, 0.4) is 0 Å². The summed E-state index contributed by atoms with van der Waals surface area (Å²) in [5.41, 5.74) is 0.838. The van der Waals surface area contributed by atoms with Crippen molar-refractivity contribution in [2.24, 2.45) is 0 Å². The van der Waals surface area contributed by atoms with E-state index in [9.17, 15) is 8.42 Å². The van der Waals surface area contributed by atoms with Crippen LogP contribution in [0.4, 0.5) is 0 Å². The van der Waals surface area contributed by atoms with Crippen molar-refractivity contribution in [1.82, 2.24) is 15.5 Å². The maximum absolute atomic E-state index is 11.4. The average Bonchev–Trinajstić information content (AvgIpc) is 2.27. The molecule has 6 heteroatoms. The summed E-state index contributed by atoms with van der Waals surface area (Å²) >= 11 is 0. The molecule has 0 saturated carbocycles. The summed E-state index contributed by atoms with van der Waals surface area (Å²) in [4.78, 5) is 0. The number of rotatable bonds is 3. The van der Waals surface area contributed by atoms with E-state index in [2.05, 4.69) is 15.5 Å². The highest BCUT2D eigenvalue weighted by Gasteiger charge is 2.24. The molecule has 1 fully saturated rings. The van der Waals surface area contributed by atoms with Crippen LogP contribution in [0.2, 0.25) is 0 Å². The van der Waals surface area contributed by atoms with Crippen molar-refractivity contribution in [3.63, 3.8) is 0 Å². The van der Waals surface area contributed by atoms with Gasteiger partial charge < -0.3 is 5.32 Å². The molecule has 1 atom stereocenters. The normalized spacial score (nSPS) is 24.1. The minimum Gasteiger partial charge on any atom is -0.307 e. The van der Waals surface area contributed by atoms with Gasteiger partial charge in [0, 0.05) is 18.8 Å². The summed E-state index contributed by atoms with van der Waals surface area (Å²) in [6, 6.07) is 3.75. The number of hydrogen-bond acceptors (Lipinski definition) is 5. The third-order valence-electron chi connectivity index (χ3n) is 2.66. The van der Waals surface area contributed by atoms with Crippen LogP contribution in [0, 0.1) is 0 Å². The monoisotopic (exact) mass is 241 g/mol. The van der Waals surface area contributed by atoms with E-state index in [1.165, 1.54) is 0 Å². The fraction of sp³-hybridized carbons (Fsp3) is 0.600. The van der Waals surface area contributed by atoms with Crippen molar-refractivity contribution in [1.29, 1.82) is 0 Å². The van der Waals surface area contributed by atoms with Crippen molar-refractivity contribution in [2.45, 2.75) is 25.4 Å². The van der Waals surface area contributed by atoms with E-state index in [0.29, 0.717) is 12.3 Å². The Hall–Kier alpha value is -1.01. The molecule has 0 radical (unpaired) electrons. The predicted octanol–water partition coefficient (Wildman–Crippen LogP) is 0.143. The minimum atomic E-state index is -2.83. The van der Waals surface area contributed by atoms with Crippen LogP contribution in [0.1, 0.15) is 18.5 Å². The van der Waals surface area contributed by atoms with E-state index >= 15 is 0 Å². The molecule has 0 amide bonds. The van der Waals surface area contributed by atoms with E-state index in [1.807, 2.05) is 12.1 Å². The van der Waals surface area contributed by atoms with E-state index in [4.69, 9.17) is 0 Å². The summed E-state index contributed by atoms with van der Waals surface area (Å²) in [6.45, 7) is 0.577. The smallest absolute Gasteiger partial charge is 0.151 e. The van der Waals surface area contributed by atoms with E-state index in [1.54, 1.807) is 6.20 Å². The third kappa shape index (κ3) is 3.24. The zero-order chi connectivity index (χ0) is 11.4. The highest BCUT2D eigenvalue weighted by Crippen LogP contribution is 2.12. The van der Waals surface area contributed by atoms with E-state index in [0.717, 1.165) is 18.5 Å². The Morgan fingerprint density at radius 3 is 3.06 bits per heavy atom. The van der Waals surface area contributed by atoms with Crippen molar-refractivity contribution in [3.05, 3.63) is 24.0 Å². The first-order valence-electron chi connectivity index (χ1n) is 5.36. The molecule has 0 aliphatic carbocycles. The van der Waals surface area contributed by atoms with Gasteiger partial charge in [0.2, 0.25) is 0 Å². The number of nitrogens with zero attached hydrogens (tertiary/aromatic N) is 2. The molecule has 1 aromatic heterocycles. The van der Waals surface area contributed by atoms with Gasteiger partial charge in [0.15, 0.2) is 9.84 Å². The second kappa shape index (κ2) is 4.88. The van der Waals surface area contributed by atoms with Crippen molar-refractivity contribution >= 4 is 9.84 Å². The molecule has 2 heterocycles. The van der Waals surface area contributed by atoms with Gasteiger partial charge in [-0.1, -0.05) is 0 Å². The van der Waals surface area contributed by atoms with Crippen LogP contribution < -0.4 is 5.32 Å². The second-order valence-electron chi connectivity index (χ2n) is 4.05. The Morgan fingerprint density at radius 1 is 1.50 bits per heavy atom. The van der Waals surface area contributed by atoms with Crippen LogP contribution in [0.5, 0.6) is 0 Å². The molecule has 1 aliphatic rings. The SMILES string of the molecule is O=S1(=O)CCCC(NCc2cccnn2)C1. The molecule has 5 nitrogen and oxygen atoms in total. The second-order valence-corrected chi connectivity index (χ2v) is 6.28. The van der Waals surface area contributed by atoms with Crippen molar-refractivity contribution in [2.75, 3.05) is 11.5 Å². The minimum absolute atomic E-state index is 0.0563. The lowest BCUT2D eigenvalue weighted by Crippen LogP contribution is -2.39. The topological polar surface area (TPSA) is 72.0 Å². The lowest BCUT2D eigenvalue weighted by Gasteiger charge is -2.22. The maximum Gasteiger partial charge on any atom is 0.151 e. The van der Waals surface area contributed by atoms with Gasteiger partial charge in [0.05, 0.1) is 17.2 Å². The van der Waals surface area contributed by atoms with Crippen LogP contribution in [0.25, 0.3) is 0 Å². The zero-order valence-corrected chi connectivity index (χ0v) is 9.78. The highest BCUT2D eigenvalue weighted by atomic mass is 32.2. The van der Waals surface area contributed by atoms with E-state index in [-0.39, 0.29) is 11.8 Å². The molecule has 1 aromatic rings. The van der Waals surface area contributed by atoms with Crippen LogP contribution in [0.15, 0.2) is 18.3 Å². The quantitative estimate of drug-likeness (QED) is 0.815. The number of sulfone groups is 1. The highest BCUT2D eigenvalue weighted by molar-refractivity contribution is 7.91. The van der Waals surface area contributed by atoms with Gasteiger partial charge in [-0.3, -0.25) is 0 Å². The molecule has 16 heavy (non-hydrogen) atoms. The largest absolute Gasteiger partial charge is 0.307 e. The molecular formula is C10H15N3O2S. The van der Waals surface area contributed by atoms with Gasteiger partial charge >= 0.3 is 0 Å². The Balaban J connectivity index is 1.87. The molecule has 88 valence electrons. The Morgan fingerprint density at radius 2 is 2.38 bits per heavy atom. The van der Waals surface area contributed by atoms with Gasteiger partial charge in [0.1, 0.15) is 0 Å². The first-order chi connectivity index (χ1) is 7.66. The van der Waals surface area contributed by atoms with E-state index < -0.39 is 9.84 Å². The number of hydrogen-bond donors (Lipinski definition) is 1. The Labute approximate surface area is 95.2 Å². The predicted molar refractivity (Wildman–Crippen MR) is 60.5 cm³/mol. The van der Waals surface area contributed by atoms with Crippen molar-refractivity contribution in [3.8, 4) is 0 Å². The lowest BCUT2D eigenvalue weighted by molar-refractivity contribution is 0.476.